The number of hydrogen-bond acceptors (Lipinski definition) is 1. The lowest BCUT2D eigenvalue weighted by molar-refractivity contribution is 0.539. The van der Waals surface area contributed by atoms with Crippen molar-refractivity contribution >= 4 is 12.6 Å². The van der Waals surface area contributed by atoms with E-state index in [9.17, 15) is 13.2 Å². The quantitative estimate of drug-likeness (QED) is 0.484. The van der Waals surface area contributed by atoms with Crippen molar-refractivity contribution < 1.29 is 13.2 Å². The van der Waals surface area contributed by atoms with Crippen LogP contribution in [-0.4, -0.2) is 5.75 Å². The molecule has 0 aliphatic heterocycles. The van der Waals surface area contributed by atoms with Gasteiger partial charge in [-0.2, -0.15) is 12.6 Å². The molecule has 0 aliphatic carbocycles. The number of rotatable bonds is 0. The minimum atomic E-state index is -0.994. The van der Waals surface area contributed by atoms with E-state index >= 15 is 0 Å². The summed E-state index contributed by atoms with van der Waals surface area (Å²) in [5.74, 6) is 1.84. The third kappa shape index (κ3) is 2.43. The second-order valence-electron chi connectivity index (χ2n) is 2.20. The molecule has 0 nitrogen and oxygen atoms in total. The van der Waals surface area contributed by atoms with Gasteiger partial charge in [-0.05, 0) is 0 Å². The maximum atomic E-state index is 12.8. The van der Waals surface area contributed by atoms with Gasteiger partial charge in [0.2, 0.25) is 0 Å². The monoisotopic (exact) mass is 202 g/mol. The van der Waals surface area contributed by atoms with E-state index in [4.69, 9.17) is 0 Å². The zero-order valence-electron chi connectivity index (χ0n) is 6.44. The van der Waals surface area contributed by atoms with Gasteiger partial charge in [0.25, 0.3) is 0 Å². The van der Waals surface area contributed by atoms with Gasteiger partial charge in [-0.25, -0.2) is 13.2 Å². The van der Waals surface area contributed by atoms with Gasteiger partial charge in [0.15, 0.2) is 0 Å². The molecule has 68 valence electrons. The summed E-state index contributed by atoms with van der Waals surface area (Å²) < 4.78 is 38.0. The van der Waals surface area contributed by atoms with Gasteiger partial charge in [-0.15, -0.1) is 0 Å². The summed E-state index contributed by atoms with van der Waals surface area (Å²) in [5.41, 5.74) is -0.421. The highest BCUT2D eigenvalue weighted by Gasteiger charge is 2.08. The summed E-state index contributed by atoms with van der Waals surface area (Å²) >= 11 is 3.75. The van der Waals surface area contributed by atoms with Crippen LogP contribution < -0.4 is 0 Å². The summed E-state index contributed by atoms with van der Waals surface area (Å²) in [4.78, 5) is 0. The lowest BCUT2D eigenvalue weighted by Crippen LogP contribution is -1.92. The van der Waals surface area contributed by atoms with E-state index < -0.39 is 23.0 Å². The molecule has 0 heterocycles. The second kappa shape index (κ2) is 4.24. The summed E-state index contributed by atoms with van der Waals surface area (Å²) in [6.07, 6.45) is 0. The van der Waals surface area contributed by atoms with Crippen LogP contribution in [0.2, 0.25) is 0 Å². The topological polar surface area (TPSA) is 0 Å². The van der Waals surface area contributed by atoms with Crippen LogP contribution in [0.5, 0.6) is 0 Å². The number of halogens is 3. The molecule has 0 saturated carbocycles. The Labute approximate surface area is 79.2 Å². The second-order valence-corrected chi connectivity index (χ2v) is 2.52. The van der Waals surface area contributed by atoms with Crippen molar-refractivity contribution in [3.05, 3.63) is 35.1 Å². The first kappa shape index (κ1) is 10.0. The van der Waals surface area contributed by atoms with Gasteiger partial charge >= 0.3 is 0 Å². The zero-order chi connectivity index (χ0) is 9.84. The predicted molar refractivity (Wildman–Crippen MR) is 47.0 cm³/mol. The number of benzene rings is 1. The average Bonchev–Trinajstić information content (AvgIpc) is 2.02. The molecular weight excluding hydrogens is 197 g/mol. The van der Waals surface area contributed by atoms with Gasteiger partial charge in [-0.3, -0.25) is 0 Å². The molecule has 1 aromatic rings. The molecule has 0 bridgehead atoms. The maximum absolute atomic E-state index is 12.8. The fourth-order valence-corrected chi connectivity index (χ4v) is 0.869. The van der Waals surface area contributed by atoms with E-state index in [1.807, 2.05) is 0 Å². The summed E-state index contributed by atoms with van der Waals surface area (Å²) in [7, 11) is 0. The third-order valence-electron chi connectivity index (χ3n) is 1.30. The molecule has 1 aromatic carbocycles. The first-order chi connectivity index (χ1) is 6.15. The fourth-order valence-electron chi connectivity index (χ4n) is 0.790. The standard InChI is InChI=1S/C9H5F3S/c10-6-4-8(11)7(2-1-3-13)9(12)5-6/h4-5,13H,3H2. The van der Waals surface area contributed by atoms with E-state index in [0.717, 1.165) is 0 Å². The lowest BCUT2D eigenvalue weighted by atomic mass is 10.2. The highest BCUT2D eigenvalue weighted by atomic mass is 32.1. The van der Waals surface area contributed by atoms with Gasteiger partial charge in [0.1, 0.15) is 17.5 Å². The van der Waals surface area contributed by atoms with Crippen molar-refractivity contribution in [1.29, 1.82) is 0 Å². The van der Waals surface area contributed by atoms with Gasteiger partial charge < -0.3 is 0 Å². The van der Waals surface area contributed by atoms with Crippen molar-refractivity contribution in [1.82, 2.24) is 0 Å². The van der Waals surface area contributed by atoms with Gasteiger partial charge in [0, 0.05) is 12.1 Å². The van der Waals surface area contributed by atoms with Crippen LogP contribution in [0, 0.1) is 29.3 Å². The molecule has 0 aliphatic rings. The third-order valence-corrected chi connectivity index (χ3v) is 1.46. The van der Waals surface area contributed by atoms with Gasteiger partial charge in [0.05, 0.1) is 11.3 Å². The lowest BCUT2D eigenvalue weighted by Gasteiger charge is -1.96. The summed E-state index contributed by atoms with van der Waals surface area (Å²) in [6, 6.07) is 1.18. The molecule has 0 unspecified atom stereocenters. The van der Waals surface area contributed by atoms with Crippen molar-refractivity contribution in [2.45, 2.75) is 0 Å². The molecule has 13 heavy (non-hydrogen) atoms. The van der Waals surface area contributed by atoms with E-state index in [1.165, 1.54) is 0 Å². The van der Waals surface area contributed by atoms with Crippen LogP contribution in [0.25, 0.3) is 0 Å². The molecule has 0 fully saturated rings. The molecule has 0 amide bonds. The molecule has 0 N–H and O–H groups in total. The van der Waals surface area contributed by atoms with Crippen molar-refractivity contribution in [2.75, 3.05) is 5.75 Å². The fraction of sp³-hybridized carbons (Fsp3) is 0.111. The highest BCUT2D eigenvalue weighted by molar-refractivity contribution is 7.80. The average molecular weight is 202 g/mol. The molecular formula is C9H5F3S. The maximum Gasteiger partial charge on any atom is 0.144 e. The van der Waals surface area contributed by atoms with Gasteiger partial charge in [-0.1, -0.05) is 11.8 Å². The minimum Gasteiger partial charge on any atom is -0.207 e. The normalized spacial score (nSPS) is 9.23. The van der Waals surface area contributed by atoms with E-state index in [-0.39, 0.29) is 5.75 Å². The highest BCUT2D eigenvalue weighted by Crippen LogP contribution is 2.13. The Balaban J connectivity index is 3.21. The van der Waals surface area contributed by atoms with Crippen LogP contribution in [0.4, 0.5) is 13.2 Å². The summed E-state index contributed by atoms with van der Waals surface area (Å²) in [6.45, 7) is 0. The Bertz CT molecular complexity index is 353. The smallest absolute Gasteiger partial charge is 0.144 e. The zero-order valence-corrected chi connectivity index (χ0v) is 7.34. The minimum absolute atomic E-state index is 0.191. The molecule has 0 radical (unpaired) electrons. The Morgan fingerprint density at radius 1 is 1.15 bits per heavy atom. The van der Waals surface area contributed by atoms with Crippen LogP contribution in [0.1, 0.15) is 5.56 Å². The Morgan fingerprint density at radius 3 is 2.15 bits per heavy atom. The molecule has 0 saturated heterocycles. The molecule has 0 aromatic heterocycles. The Kier molecular flexibility index (Phi) is 3.26. The van der Waals surface area contributed by atoms with E-state index in [0.29, 0.717) is 12.1 Å². The first-order valence-electron chi connectivity index (χ1n) is 3.39. The molecule has 4 heteroatoms. The largest absolute Gasteiger partial charge is 0.207 e. The van der Waals surface area contributed by atoms with Crippen LogP contribution in [0.3, 0.4) is 0 Å². The van der Waals surface area contributed by atoms with Crippen molar-refractivity contribution in [3.8, 4) is 11.8 Å². The predicted octanol–water partition coefficient (Wildman–Crippen LogP) is 2.39. The number of hydrogen-bond donors (Lipinski definition) is 1. The van der Waals surface area contributed by atoms with Crippen molar-refractivity contribution in [3.63, 3.8) is 0 Å². The SMILES string of the molecule is Fc1cc(F)c(C#CCS)c(F)c1. The molecule has 1 rings (SSSR count). The first-order valence-corrected chi connectivity index (χ1v) is 4.02. The van der Waals surface area contributed by atoms with Crippen molar-refractivity contribution in [2.24, 2.45) is 0 Å². The summed E-state index contributed by atoms with van der Waals surface area (Å²) in [5, 5.41) is 0. The Morgan fingerprint density at radius 2 is 1.69 bits per heavy atom. The Hall–Kier alpha value is -1.08. The molecule has 0 spiro atoms. The van der Waals surface area contributed by atoms with E-state index in [2.05, 4.69) is 24.5 Å². The van der Waals surface area contributed by atoms with Crippen LogP contribution >= 0.6 is 12.6 Å². The van der Waals surface area contributed by atoms with Crippen LogP contribution in [0.15, 0.2) is 12.1 Å². The van der Waals surface area contributed by atoms with E-state index in [1.54, 1.807) is 0 Å². The number of thiol groups is 1. The van der Waals surface area contributed by atoms with Crippen LogP contribution in [-0.2, 0) is 0 Å². The molecule has 0 atom stereocenters.